The Balaban J connectivity index is 2.32. The first-order chi connectivity index (χ1) is 7.15. The van der Waals surface area contributed by atoms with Crippen molar-refractivity contribution in [2.24, 2.45) is 5.92 Å². The zero-order valence-electron chi connectivity index (χ0n) is 9.12. The van der Waals surface area contributed by atoms with Crippen LogP contribution in [0.15, 0.2) is 0 Å². The van der Waals surface area contributed by atoms with Crippen LogP contribution < -0.4 is 0 Å². The second-order valence-corrected chi connectivity index (χ2v) is 4.70. The van der Waals surface area contributed by atoms with Crippen molar-refractivity contribution in [2.75, 3.05) is 7.11 Å². The number of alkyl halides is 1. The maximum Gasteiger partial charge on any atom is 0.326 e. The van der Waals surface area contributed by atoms with Crippen LogP contribution in [-0.4, -0.2) is 29.7 Å². The number of carbonyl (C=O) groups is 1. The molecule has 4 heteroatoms. The predicted octanol–water partition coefficient (Wildman–Crippen LogP) is 2.10. The smallest absolute Gasteiger partial charge is 0.326 e. The lowest BCUT2D eigenvalue weighted by molar-refractivity contribution is -0.142. The molecule has 1 rings (SSSR count). The third-order valence-electron chi connectivity index (χ3n) is 3.06. The first kappa shape index (κ1) is 12.8. The van der Waals surface area contributed by atoms with Crippen molar-refractivity contribution in [2.45, 2.75) is 50.0 Å². The SMILES string of the molecule is COC(=O)[C@@H](Cl)[C@H](O)CC1CCCCC1. The van der Waals surface area contributed by atoms with E-state index in [1.807, 2.05) is 0 Å². The van der Waals surface area contributed by atoms with Crippen molar-refractivity contribution in [3.63, 3.8) is 0 Å². The van der Waals surface area contributed by atoms with Crippen molar-refractivity contribution in [1.29, 1.82) is 0 Å². The molecule has 0 aliphatic heterocycles. The molecule has 0 spiro atoms. The lowest BCUT2D eigenvalue weighted by Gasteiger charge is -2.25. The van der Waals surface area contributed by atoms with Crippen LogP contribution >= 0.6 is 11.6 Å². The molecule has 1 aliphatic rings. The molecule has 15 heavy (non-hydrogen) atoms. The molecule has 3 nitrogen and oxygen atoms in total. The van der Waals surface area contributed by atoms with Gasteiger partial charge in [-0.1, -0.05) is 32.1 Å². The summed E-state index contributed by atoms with van der Waals surface area (Å²) in [6.07, 6.45) is 5.86. The Morgan fingerprint density at radius 2 is 2.07 bits per heavy atom. The maximum atomic E-state index is 11.1. The molecular weight excluding hydrogens is 216 g/mol. The third-order valence-corrected chi connectivity index (χ3v) is 3.53. The lowest BCUT2D eigenvalue weighted by Crippen LogP contribution is -2.32. The van der Waals surface area contributed by atoms with Gasteiger partial charge in [0, 0.05) is 0 Å². The van der Waals surface area contributed by atoms with Crippen molar-refractivity contribution in [3.05, 3.63) is 0 Å². The van der Waals surface area contributed by atoms with Crippen molar-refractivity contribution >= 4 is 17.6 Å². The fourth-order valence-corrected chi connectivity index (χ4v) is 2.35. The topological polar surface area (TPSA) is 46.5 Å². The standard InChI is InChI=1S/C11H19ClO3/c1-15-11(14)10(12)9(13)7-8-5-3-2-4-6-8/h8-10,13H,2-7H2,1H3/t9-,10+/m1/s1. The second-order valence-electron chi connectivity index (χ2n) is 4.23. The molecule has 1 saturated carbocycles. The molecule has 0 aromatic rings. The molecule has 0 amide bonds. The van der Waals surface area contributed by atoms with E-state index in [1.165, 1.54) is 26.4 Å². The van der Waals surface area contributed by atoms with E-state index in [1.54, 1.807) is 0 Å². The van der Waals surface area contributed by atoms with Gasteiger partial charge in [-0.3, -0.25) is 4.79 Å². The highest BCUT2D eigenvalue weighted by molar-refractivity contribution is 6.30. The predicted molar refractivity (Wildman–Crippen MR) is 58.9 cm³/mol. The Kier molecular flexibility index (Phi) is 5.40. The molecule has 2 atom stereocenters. The van der Waals surface area contributed by atoms with Crippen LogP contribution in [0.25, 0.3) is 0 Å². The number of methoxy groups -OCH3 is 1. The number of esters is 1. The molecule has 88 valence electrons. The van der Waals surface area contributed by atoms with Crippen LogP contribution in [0.4, 0.5) is 0 Å². The van der Waals surface area contributed by atoms with Gasteiger partial charge in [0.05, 0.1) is 13.2 Å². The van der Waals surface area contributed by atoms with E-state index >= 15 is 0 Å². The highest BCUT2D eigenvalue weighted by atomic mass is 35.5. The number of rotatable bonds is 4. The minimum absolute atomic E-state index is 0.514. The van der Waals surface area contributed by atoms with Gasteiger partial charge in [-0.15, -0.1) is 11.6 Å². The third kappa shape index (κ3) is 3.99. The van der Waals surface area contributed by atoms with Crippen molar-refractivity contribution < 1.29 is 14.6 Å². The van der Waals surface area contributed by atoms with E-state index in [0.717, 1.165) is 12.8 Å². The Morgan fingerprint density at radius 1 is 1.47 bits per heavy atom. The minimum Gasteiger partial charge on any atom is -0.468 e. The molecule has 0 heterocycles. The zero-order valence-corrected chi connectivity index (χ0v) is 9.87. The Bertz CT molecular complexity index is 202. The van der Waals surface area contributed by atoms with Gasteiger partial charge in [-0.25, -0.2) is 0 Å². The molecule has 1 aliphatic carbocycles. The summed E-state index contributed by atoms with van der Waals surface area (Å²) in [5.41, 5.74) is 0. The number of aliphatic hydroxyl groups excluding tert-OH is 1. The van der Waals surface area contributed by atoms with E-state index in [-0.39, 0.29) is 0 Å². The first-order valence-electron chi connectivity index (χ1n) is 5.55. The van der Waals surface area contributed by atoms with Gasteiger partial charge >= 0.3 is 5.97 Å². The fourth-order valence-electron chi connectivity index (χ4n) is 2.15. The number of carbonyl (C=O) groups excluding carboxylic acids is 1. The van der Waals surface area contributed by atoms with E-state index in [0.29, 0.717) is 12.3 Å². The van der Waals surface area contributed by atoms with Gasteiger partial charge in [-0.05, 0) is 12.3 Å². The molecule has 1 N–H and O–H groups in total. The van der Waals surface area contributed by atoms with Crippen LogP contribution in [0.3, 0.4) is 0 Å². The molecule has 0 aromatic carbocycles. The van der Waals surface area contributed by atoms with Crippen LogP contribution in [0, 0.1) is 5.92 Å². The molecule has 0 aromatic heterocycles. The summed E-state index contributed by atoms with van der Waals surface area (Å²) in [5.74, 6) is -0.0281. The highest BCUT2D eigenvalue weighted by Crippen LogP contribution is 2.28. The van der Waals surface area contributed by atoms with Crippen LogP contribution in [0.1, 0.15) is 38.5 Å². The highest BCUT2D eigenvalue weighted by Gasteiger charge is 2.28. The van der Waals surface area contributed by atoms with Crippen LogP contribution in [0.5, 0.6) is 0 Å². The summed E-state index contributed by atoms with van der Waals surface area (Å²) in [5, 5.41) is 8.82. The largest absolute Gasteiger partial charge is 0.468 e. The number of hydrogen-bond donors (Lipinski definition) is 1. The van der Waals surface area contributed by atoms with Gasteiger partial charge in [-0.2, -0.15) is 0 Å². The summed E-state index contributed by atoms with van der Waals surface area (Å²) in [4.78, 5) is 11.1. The Labute approximate surface area is 95.8 Å². The Hall–Kier alpha value is -0.280. The van der Waals surface area contributed by atoms with Crippen molar-refractivity contribution in [3.8, 4) is 0 Å². The van der Waals surface area contributed by atoms with Crippen molar-refractivity contribution in [1.82, 2.24) is 0 Å². The monoisotopic (exact) mass is 234 g/mol. The molecule has 0 bridgehead atoms. The number of hydrogen-bond acceptors (Lipinski definition) is 3. The second kappa shape index (κ2) is 6.33. The molecule has 0 unspecified atom stereocenters. The average molecular weight is 235 g/mol. The van der Waals surface area contributed by atoms with E-state index in [2.05, 4.69) is 4.74 Å². The molecule has 0 saturated heterocycles. The molecule has 0 radical (unpaired) electrons. The number of ether oxygens (including phenoxy) is 1. The van der Waals surface area contributed by atoms with E-state index in [4.69, 9.17) is 11.6 Å². The fraction of sp³-hybridized carbons (Fsp3) is 0.909. The first-order valence-corrected chi connectivity index (χ1v) is 5.98. The van der Waals surface area contributed by atoms with E-state index < -0.39 is 17.5 Å². The van der Waals surface area contributed by atoms with E-state index in [9.17, 15) is 9.90 Å². The summed E-state index contributed by atoms with van der Waals surface area (Å²) in [7, 11) is 1.28. The quantitative estimate of drug-likeness (QED) is 0.599. The summed E-state index contributed by atoms with van der Waals surface area (Å²) in [6, 6.07) is 0. The van der Waals surface area contributed by atoms with Crippen LogP contribution in [0.2, 0.25) is 0 Å². The van der Waals surface area contributed by atoms with Gasteiger partial charge in [0.25, 0.3) is 0 Å². The zero-order chi connectivity index (χ0) is 11.3. The van der Waals surface area contributed by atoms with Crippen LogP contribution in [-0.2, 0) is 9.53 Å². The van der Waals surface area contributed by atoms with Gasteiger partial charge < -0.3 is 9.84 Å². The lowest BCUT2D eigenvalue weighted by atomic mass is 9.85. The normalized spacial score (nSPS) is 22.1. The van der Waals surface area contributed by atoms with Gasteiger partial charge in [0.2, 0.25) is 0 Å². The summed E-state index contributed by atoms with van der Waals surface area (Å²) >= 11 is 5.78. The Morgan fingerprint density at radius 3 is 2.60 bits per heavy atom. The summed E-state index contributed by atoms with van der Waals surface area (Å²) in [6.45, 7) is 0. The average Bonchev–Trinajstić information content (AvgIpc) is 2.28. The molecular formula is C11H19ClO3. The molecule has 1 fully saturated rings. The maximum absolute atomic E-state index is 11.1. The number of halogens is 1. The summed E-state index contributed by atoms with van der Waals surface area (Å²) < 4.78 is 4.49. The minimum atomic E-state index is -0.920. The number of aliphatic hydroxyl groups is 1. The van der Waals surface area contributed by atoms with Gasteiger partial charge in [0.15, 0.2) is 5.38 Å². The van der Waals surface area contributed by atoms with Gasteiger partial charge in [0.1, 0.15) is 0 Å².